The number of β-amino-alcohol motifs (C(OH)–C–C–N with tert-alkyl or cyclic N) is 1. The quantitative estimate of drug-likeness (QED) is 0.203. The normalized spacial score (nSPS) is 17.2. The van der Waals surface area contributed by atoms with Crippen LogP contribution >= 0.6 is 0 Å². The summed E-state index contributed by atoms with van der Waals surface area (Å²) in [6.07, 6.45) is 4.98. The molecule has 8 rings (SSSR count). The highest BCUT2D eigenvalue weighted by atomic mass is 16.3. The van der Waals surface area contributed by atoms with Crippen molar-refractivity contribution in [1.82, 2.24) is 29.4 Å². The molecule has 2 fully saturated rings. The molecule has 1 atom stereocenters. The van der Waals surface area contributed by atoms with Gasteiger partial charge in [0.05, 0.1) is 11.7 Å². The van der Waals surface area contributed by atoms with Crippen molar-refractivity contribution in [1.29, 1.82) is 5.26 Å². The Hall–Kier alpha value is -4.88. The first kappa shape index (κ1) is 30.5. The van der Waals surface area contributed by atoms with E-state index in [-0.39, 0.29) is 6.10 Å². The Morgan fingerprint density at radius 1 is 0.854 bits per heavy atom. The highest BCUT2D eigenvalue weighted by Gasteiger charge is 2.22. The van der Waals surface area contributed by atoms with Crippen LogP contribution in [0.2, 0.25) is 0 Å². The van der Waals surface area contributed by atoms with Crippen molar-refractivity contribution < 1.29 is 9.52 Å². The van der Waals surface area contributed by atoms with Gasteiger partial charge in [0.2, 0.25) is 5.89 Å². The maximum Gasteiger partial charge on any atom is 0.227 e. The van der Waals surface area contributed by atoms with Gasteiger partial charge in [0.15, 0.2) is 17.1 Å². The summed E-state index contributed by atoms with van der Waals surface area (Å²) in [7, 11) is 0. The molecule has 3 aromatic heterocycles. The van der Waals surface area contributed by atoms with Crippen LogP contribution in [0.4, 0.5) is 0 Å². The Kier molecular flexibility index (Phi) is 7.80. The SMILES string of the molecule is Cc1c(-c2nc3c(C#N)cc(CN4CCC(O)C4)cn3n2)cccc1-c1cccc(-c2nc3cc(CN4CCCC4)cc(C)c3o2)c1C. The number of benzene rings is 3. The number of hydrogen-bond donors (Lipinski definition) is 1. The summed E-state index contributed by atoms with van der Waals surface area (Å²) in [6, 6.07) is 21.1. The molecular weight excluding hydrogens is 598 g/mol. The summed E-state index contributed by atoms with van der Waals surface area (Å²) in [5, 5.41) is 24.8. The molecule has 48 heavy (non-hydrogen) atoms. The summed E-state index contributed by atoms with van der Waals surface area (Å²) < 4.78 is 8.15. The molecule has 0 aliphatic carbocycles. The van der Waals surface area contributed by atoms with Crippen LogP contribution in [-0.4, -0.2) is 66.8 Å². The largest absolute Gasteiger partial charge is 0.436 e. The number of aliphatic hydroxyl groups is 1. The second-order valence-electron chi connectivity index (χ2n) is 13.5. The predicted molar refractivity (Wildman–Crippen MR) is 186 cm³/mol. The first-order valence-electron chi connectivity index (χ1n) is 16.9. The van der Waals surface area contributed by atoms with Crippen molar-refractivity contribution in [2.24, 2.45) is 0 Å². The van der Waals surface area contributed by atoms with Gasteiger partial charge in [-0.25, -0.2) is 14.5 Å². The van der Waals surface area contributed by atoms with E-state index in [9.17, 15) is 10.4 Å². The minimum absolute atomic E-state index is 0.293. The van der Waals surface area contributed by atoms with Crippen molar-refractivity contribution in [3.8, 4) is 40.0 Å². The van der Waals surface area contributed by atoms with Gasteiger partial charge in [-0.05, 0) is 110 Å². The lowest BCUT2D eigenvalue weighted by Gasteiger charge is -2.15. The standard InChI is InChI=1S/C39H39N7O2/c1-24-16-27(20-44-13-4-5-14-44)18-35-36(24)48-39(41-35)34-11-7-9-32(26(34)3)31-8-6-10-33(25(31)2)37-42-38-29(19-40)17-28(22-46(38)43-37)21-45-15-12-30(47)23-45/h6-11,16-18,22,30,47H,4-5,12-15,20-21,23H2,1-3H3. The molecule has 6 aromatic rings. The summed E-state index contributed by atoms with van der Waals surface area (Å²) in [4.78, 5) is 14.5. The lowest BCUT2D eigenvalue weighted by molar-refractivity contribution is 0.174. The zero-order valence-corrected chi connectivity index (χ0v) is 27.7. The van der Waals surface area contributed by atoms with E-state index >= 15 is 0 Å². The second-order valence-corrected chi connectivity index (χ2v) is 13.5. The number of likely N-dealkylation sites (tertiary alicyclic amines) is 2. The fraction of sp³-hybridized carbons (Fsp3) is 0.333. The Balaban J connectivity index is 1.13. The van der Waals surface area contributed by atoms with Crippen molar-refractivity contribution in [2.75, 3.05) is 26.2 Å². The average molecular weight is 638 g/mol. The number of pyridine rings is 1. The van der Waals surface area contributed by atoms with Gasteiger partial charge in [-0.1, -0.05) is 36.4 Å². The lowest BCUT2D eigenvalue weighted by Crippen LogP contribution is -2.21. The molecule has 3 aromatic carbocycles. The molecule has 2 saturated heterocycles. The number of aromatic nitrogens is 4. The van der Waals surface area contributed by atoms with Crippen LogP contribution in [-0.2, 0) is 13.1 Å². The van der Waals surface area contributed by atoms with Crippen LogP contribution in [0, 0.1) is 32.1 Å². The van der Waals surface area contributed by atoms with E-state index in [1.165, 1.54) is 18.4 Å². The minimum atomic E-state index is -0.293. The van der Waals surface area contributed by atoms with Gasteiger partial charge >= 0.3 is 0 Å². The Morgan fingerprint density at radius 2 is 1.56 bits per heavy atom. The number of nitriles is 1. The lowest BCUT2D eigenvalue weighted by atomic mass is 9.91. The third-order valence-corrected chi connectivity index (χ3v) is 10.0. The third kappa shape index (κ3) is 5.56. The minimum Gasteiger partial charge on any atom is -0.436 e. The number of aryl methyl sites for hydroxylation is 1. The molecule has 9 nitrogen and oxygen atoms in total. The van der Waals surface area contributed by atoms with Crippen LogP contribution in [0.15, 0.2) is 65.2 Å². The molecule has 0 amide bonds. The van der Waals surface area contributed by atoms with Crippen LogP contribution < -0.4 is 0 Å². The van der Waals surface area contributed by atoms with E-state index in [2.05, 4.69) is 73.0 Å². The van der Waals surface area contributed by atoms with Gasteiger partial charge in [-0.15, -0.1) is 5.10 Å². The average Bonchev–Trinajstić information content (AvgIpc) is 3.89. The Labute approximate surface area is 280 Å². The summed E-state index contributed by atoms with van der Waals surface area (Å²) in [5.41, 5.74) is 12.3. The van der Waals surface area contributed by atoms with E-state index in [0.717, 1.165) is 88.2 Å². The molecule has 0 bridgehead atoms. The molecule has 5 heterocycles. The molecule has 0 radical (unpaired) electrons. The fourth-order valence-electron chi connectivity index (χ4n) is 7.55. The van der Waals surface area contributed by atoms with Gasteiger partial charge in [0, 0.05) is 43.5 Å². The number of hydrogen-bond acceptors (Lipinski definition) is 8. The fourth-order valence-corrected chi connectivity index (χ4v) is 7.55. The predicted octanol–water partition coefficient (Wildman–Crippen LogP) is 6.83. The number of rotatable bonds is 7. The van der Waals surface area contributed by atoms with Crippen LogP contribution in [0.5, 0.6) is 0 Å². The number of aliphatic hydroxyl groups excluding tert-OH is 1. The summed E-state index contributed by atoms with van der Waals surface area (Å²) >= 11 is 0. The molecule has 1 unspecified atom stereocenters. The maximum absolute atomic E-state index is 9.97. The maximum atomic E-state index is 9.97. The van der Waals surface area contributed by atoms with Gasteiger partial charge in [0.1, 0.15) is 11.6 Å². The van der Waals surface area contributed by atoms with E-state index in [4.69, 9.17) is 19.5 Å². The molecule has 242 valence electrons. The third-order valence-electron chi connectivity index (χ3n) is 10.0. The van der Waals surface area contributed by atoms with Crippen LogP contribution in [0.25, 0.3) is 50.7 Å². The van der Waals surface area contributed by atoms with E-state index in [0.29, 0.717) is 36.0 Å². The number of nitrogens with zero attached hydrogens (tertiary/aromatic N) is 7. The van der Waals surface area contributed by atoms with Crippen LogP contribution in [0.3, 0.4) is 0 Å². The topological polar surface area (TPSA) is 107 Å². The smallest absolute Gasteiger partial charge is 0.227 e. The van der Waals surface area contributed by atoms with Crippen molar-refractivity contribution in [2.45, 2.75) is 59.2 Å². The van der Waals surface area contributed by atoms with Gasteiger partial charge in [0.25, 0.3) is 0 Å². The van der Waals surface area contributed by atoms with E-state index in [1.54, 1.807) is 4.52 Å². The van der Waals surface area contributed by atoms with E-state index in [1.807, 2.05) is 24.4 Å². The molecule has 1 N–H and O–H groups in total. The zero-order valence-electron chi connectivity index (χ0n) is 27.7. The zero-order chi connectivity index (χ0) is 32.9. The van der Waals surface area contributed by atoms with Gasteiger partial charge in [-0.2, -0.15) is 5.26 Å². The molecule has 2 aliphatic rings. The molecule has 0 saturated carbocycles. The molecular formula is C39H39N7O2. The van der Waals surface area contributed by atoms with E-state index < -0.39 is 0 Å². The summed E-state index contributed by atoms with van der Waals surface area (Å²) in [6.45, 7) is 11.7. The highest BCUT2D eigenvalue weighted by molar-refractivity contribution is 5.84. The monoisotopic (exact) mass is 637 g/mol. The van der Waals surface area contributed by atoms with Crippen LogP contribution in [0.1, 0.15) is 52.6 Å². The first-order chi connectivity index (χ1) is 23.3. The summed E-state index contributed by atoms with van der Waals surface area (Å²) in [5.74, 6) is 1.21. The van der Waals surface area contributed by atoms with Gasteiger partial charge < -0.3 is 9.52 Å². The number of fused-ring (bicyclic) bond motifs is 2. The first-order valence-corrected chi connectivity index (χ1v) is 16.9. The van der Waals surface area contributed by atoms with Crippen molar-refractivity contribution in [3.63, 3.8) is 0 Å². The molecule has 2 aliphatic heterocycles. The Morgan fingerprint density at radius 3 is 2.29 bits per heavy atom. The van der Waals surface area contributed by atoms with Crippen molar-refractivity contribution >= 4 is 16.7 Å². The van der Waals surface area contributed by atoms with Gasteiger partial charge in [-0.3, -0.25) is 9.80 Å². The second kappa shape index (κ2) is 12.3. The molecule has 9 heteroatoms. The highest BCUT2D eigenvalue weighted by Crippen LogP contribution is 2.37. The van der Waals surface area contributed by atoms with Crippen molar-refractivity contribution in [3.05, 3.63) is 94.2 Å². The Bertz CT molecular complexity index is 2220. The molecule has 0 spiro atoms. The number of oxazole rings is 1.